The minimum Gasteiger partial charge on any atom is -0.363 e. The number of carbonyl (C=O) groups excluding carboxylic acids is 1. The summed E-state index contributed by atoms with van der Waals surface area (Å²) in [5.41, 5.74) is 2.08. The Kier molecular flexibility index (Phi) is 5.59. The quantitative estimate of drug-likeness (QED) is 0.822. The van der Waals surface area contributed by atoms with Crippen LogP contribution in [0.15, 0.2) is 28.9 Å². The zero-order chi connectivity index (χ0) is 18.7. The van der Waals surface area contributed by atoms with Gasteiger partial charge in [0.2, 0.25) is 5.76 Å². The normalized spacial score (nSPS) is 17.6. The van der Waals surface area contributed by atoms with Crippen LogP contribution in [0.1, 0.15) is 54.4 Å². The second-order valence-corrected chi connectivity index (χ2v) is 7.71. The molecule has 6 nitrogen and oxygen atoms in total. The Morgan fingerprint density at radius 2 is 2.19 bits per heavy atom. The minimum absolute atomic E-state index is 0.0564. The maximum absolute atomic E-state index is 12.8. The lowest BCUT2D eigenvalue weighted by Crippen LogP contribution is -2.39. The van der Waals surface area contributed by atoms with Crippen LogP contribution in [-0.2, 0) is 6.42 Å². The van der Waals surface area contributed by atoms with Crippen molar-refractivity contribution in [2.75, 3.05) is 32.1 Å². The maximum Gasteiger partial charge on any atom is 0.292 e. The van der Waals surface area contributed by atoms with Crippen molar-refractivity contribution >= 4 is 11.7 Å². The summed E-state index contributed by atoms with van der Waals surface area (Å²) in [7, 11) is 3.98. The van der Waals surface area contributed by atoms with Gasteiger partial charge in [-0.15, -0.1) is 0 Å². The standard InChI is InChI=1S/C20H28N4O2/c1-14(2)10-17-12-18(26-22-17)20(25)24-9-5-6-16(13-24)15-7-8-21-19(11-15)23(3)4/h7-8,11-12,14,16H,5-6,9-10,13H2,1-4H3. The second-order valence-electron chi connectivity index (χ2n) is 7.71. The highest BCUT2D eigenvalue weighted by atomic mass is 16.5. The third kappa shape index (κ3) is 4.23. The van der Waals surface area contributed by atoms with E-state index in [-0.39, 0.29) is 5.91 Å². The first-order valence-electron chi connectivity index (χ1n) is 9.32. The Morgan fingerprint density at radius 3 is 2.92 bits per heavy atom. The van der Waals surface area contributed by atoms with Crippen LogP contribution in [0.25, 0.3) is 0 Å². The molecular weight excluding hydrogens is 328 g/mol. The molecule has 0 radical (unpaired) electrons. The molecule has 1 unspecified atom stereocenters. The van der Waals surface area contributed by atoms with Gasteiger partial charge in [-0.25, -0.2) is 4.98 Å². The van der Waals surface area contributed by atoms with Crippen molar-refractivity contribution in [2.45, 2.75) is 39.0 Å². The van der Waals surface area contributed by atoms with Gasteiger partial charge in [0.05, 0.1) is 5.69 Å². The van der Waals surface area contributed by atoms with Gasteiger partial charge >= 0.3 is 0 Å². The van der Waals surface area contributed by atoms with Crippen LogP contribution in [0, 0.1) is 5.92 Å². The fraction of sp³-hybridized carbons (Fsp3) is 0.550. The third-order valence-corrected chi connectivity index (χ3v) is 4.79. The number of carbonyl (C=O) groups is 1. The van der Waals surface area contributed by atoms with Crippen LogP contribution in [-0.4, -0.2) is 48.1 Å². The van der Waals surface area contributed by atoms with E-state index < -0.39 is 0 Å². The number of amides is 1. The zero-order valence-corrected chi connectivity index (χ0v) is 16.1. The Labute approximate surface area is 155 Å². The van der Waals surface area contributed by atoms with Crippen LogP contribution in [0.4, 0.5) is 5.82 Å². The summed E-state index contributed by atoms with van der Waals surface area (Å²) in [5, 5.41) is 4.04. The van der Waals surface area contributed by atoms with Crippen molar-refractivity contribution in [3.8, 4) is 0 Å². The average molecular weight is 356 g/mol. The van der Waals surface area contributed by atoms with Crippen molar-refractivity contribution in [3.63, 3.8) is 0 Å². The lowest BCUT2D eigenvalue weighted by Gasteiger charge is -2.32. The van der Waals surface area contributed by atoms with E-state index in [2.05, 4.69) is 36.1 Å². The van der Waals surface area contributed by atoms with Crippen molar-refractivity contribution in [1.29, 1.82) is 0 Å². The topological polar surface area (TPSA) is 62.5 Å². The van der Waals surface area contributed by atoms with E-state index in [0.717, 1.165) is 37.3 Å². The number of hydrogen-bond acceptors (Lipinski definition) is 5. The summed E-state index contributed by atoms with van der Waals surface area (Å²) in [6, 6.07) is 5.97. The first kappa shape index (κ1) is 18.4. The Bertz CT molecular complexity index is 754. The monoisotopic (exact) mass is 356 g/mol. The highest BCUT2D eigenvalue weighted by molar-refractivity contribution is 5.91. The van der Waals surface area contributed by atoms with E-state index in [1.54, 1.807) is 6.07 Å². The lowest BCUT2D eigenvalue weighted by molar-refractivity contribution is 0.0665. The van der Waals surface area contributed by atoms with E-state index in [9.17, 15) is 4.79 Å². The SMILES string of the molecule is CC(C)Cc1cc(C(=O)N2CCCC(c3ccnc(N(C)C)c3)C2)on1. The predicted molar refractivity (Wildman–Crippen MR) is 101 cm³/mol. The van der Waals surface area contributed by atoms with E-state index in [1.807, 2.05) is 30.1 Å². The van der Waals surface area contributed by atoms with E-state index in [1.165, 1.54) is 5.56 Å². The highest BCUT2D eigenvalue weighted by Gasteiger charge is 2.28. The molecule has 0 N–H and O–H groups in total. The van der Waals surface area contributed by atoms with Gasteiger partial charge in [0, 0.05) is 45.4 Å². The minimum atomic E-state index is -0.0564. The van der Waals surface area contributed by atoms with Gasteiger partial charge in [-0.05, 0) is 42.9 Å². The van der Waals surface area contributed by atoms with Gasteiger partial charge < -0.3 is 14.3 Å². The van der Waals surface area contributed by atoms with E-state index in [4.69, 9.17) is 4.52 Å². The summed E-state index contributed by atoms with van der Waals surface area (Å²) >= 11 is 0. The molecular formula is C20H28N4O2. The molecule has 3 heterocycles. The van der Waals surface area contributed by atoms with Crippen molar-refractivity contribution < 1.29 is 9.32 Å². The Balaban J connectivity index is 1.71. The van der Waals surface area contributed by atoms with Crippen molar-refractivity contribution in [3.05, 3.63) is 41.4 Å². The van der Waals surface area contributed by atoms with Crippen LogP contribution in [0.5, 0.6) is 0 Å². The van der Waals surface area contributed by atoms with Crippen LogP contribution in [0.3, 0.4) is 0 Å². The van der Waals surface area contributed by atoms with Gasteiger partial charge in [0.25, 0.3) is 5.91 Å². The first-order chi connectivity index (χ1) is 12.4. The van der Waals surface area contributed by atoms with Gasteiger partial charge in [0.1, 0.15) is 5.82 Å². The number of pyridine rings is 1. The molecule has 1 atom stereocenters. The molecule has 1 aliphatic heterocycles. The number of rotatable bonds is 5. The fourth-order valence-corrected chi connectivity index (χ4v) is 3.45. The smallest absolute Gasteiger partial charge is 0.292 e. The average Bonchev–Trinajstić information content (AvgIpc) is 3.09. The predicted octanol–water partition coefficient (Wildman–Crippen LogP) is 3.35. The van der Waals surface area contributed by atoms with Crippen LogP contribution in [0.2, 0.25) is 0 Å². The molecule has 6 heteroatoms. The largest absolute Gasteiger partial charge is 0.363 e. The molecule has 0 saturated carbocycles. The summed E-state index contributed by atoms with van der Waals surface area (Å²) in [4.78, 5) is 21.1. The number of hydrogen-bond donors (Lipinski definition) is 0. The molecule has 1 fully saturated rings. The zero-order valence-electron chi connectivity index (χ0n) is 16.1. The molecule has 0 aliphatic carbocycles. The second kappa shape index (κ2) is 7.89. The summed E-state index contributed by atoms with van der Waals surface area (Å²) in [6.07, 6.45) is 4.74. The molecule has 2 aromatic rings. The Hall–Kier alpha value is -2.37. The maximum atomic E-state index is 12.8. The molecule has 3 rings (SSSR count). The number of piperidine rings is 1. The van der Waals surface area contributed by atoms with E-state index in [0.29, 0.717) is 24.1 Å². The van der Waals surface area contributed by atoms with Gasteiger partial charge in [0.15, 0.2) is 0 Å². The molecule has 1 amide bonds. The van der Waals surface area contributed by atoms with Gasteiger partial charge in [-0.3, -0.25) is 4.79 Å². The number of likely N-dealkylation sites (tertiary alicyclic amines) is 1. The number of aromatic nitrogens is 2. The van der Waals surface area contributed by atoms with E-state index >= 15 is 0 Å². The fourth-order valence-electron chi connectivity index (χ4n) is 3.45. The van der Waals surface area contributed by atoms with Crippen LogP contribution >= 0.6 is 0 Å². The van der Waals surface area contributed by atoms with Gasteiger partial charge in [-0.2, -0.15) is 0 Å². The summed E-state index contributed by atoms with van der Waals surface area (Å²) in [6.45, 7) is 5.72. The molecule has 2 aromatic heterocycles. The van der Waals surface area contributed by atoms with Crippen molar-refractivity contribution in [2.24, 2.45) is 5.92 Å². The molecule has 1 aliphatic rings. The van der Waals surface area contributed by atoms with Crippen molar-refractivity contribution in [1.82, 2.24) is 15.0 Å². The summed E-state index contributed by atoms with van der Waals surface area (Å²) < 4.78 is 5.31. The van der Waals surface area contributed by atoms with Gasteiger partial charge in [-0.1, -0.05) is 19.0 Å². The molecule has 0 aromatic carbocycles. The molecule has 140 valence electrons. The number of nitrogens with zero attached hydrogens (tertiary/aromatic N) is 4. The summed E-state index contributed by atoms with van der Waals surface area (Å²) in [5.74, 6) is 2.05. The first-order valence-corrected chi connectivity index (χ1v) is 9.32. The molecule has 0 bridgehead atoms. The highest BCUT2D eigenvalue weighted by Crippen LogP contribution is 2.29. The third-order valence-electron chi connectivity index (χ3n) is 4.79. The molecule has 26 heavy (non-hydrogen) atoms. The molecule has 1 saturated heterocycles. The van der Waals surface area contributed by atoms with Crippen LogP contribution < -0.4 is 4.90 Å². The number of anilines is 1. The Morgan fingerprint density at radius 1 is 1.38 bits per heavy atom. The lowest BCUT2D eigenvalue weighted by atomic mass is 9.91. The molecule has 0 spiro atoms.